The zero-order valence-electron chi connectivity index (χ0n) is 6.88. The summed E-state index contributed by atoms with van der Waals surface area (Å²) < 4.78 is 5.30. The van der Waals surface area contributed by atoms with E-state index in [9.17, 15) is 0 Å². The lowest BCUT2D eigenvalue weighted by Crippen LogP contribution is -1.97. The second kappa shape index (κ2) is 4.12. The SMILES string of the molecule is C=C(C)COc1ccc(Cl)nc1. The first kappa shape index (κ1) is 9.07. The van der Waals surface area contributed by atoms with Gasteiger partial charge in [0.1, 0.15) is 17.5 Å². The molecule has 0 saturated carbocycles. The van der Waals surface area contributed by atoms with Crippen molar-refractivity contribution >= 4 is 11.6 Å². The summed E-state index contributed by atoms with van der Waals surface area (Å²) in [7, 11) is 0. The van der Waals surface area contributed by atoms with Crippen LogP contribution in [0.1, 0.15) is 6.92 Å². The van der Waals surface area contributed by atoms with Gasteiger partial charge in [0.2, 0.25) is 0 Å². The van der Waals surface area contributed by atoms with E-state index in [1.807, 2.05) is 6.92 Å². The van der Waals surface area contributed by atoms with E-state index in [1.54, 1.807) is 18.3 Å². The van der Waals surface area contributed by atoms with Crippen LogP contribution in [0.3, 0.4) is 0 Å². The molecule has 0 aliphatic heterocycles. The van der Waals surface area contributed by atoms with Crippen LogP contribution in [0.15, 0.2) is 30.5 Å². The van der Waals surface area contributed by atoms with Crippen molar-refractivity contribution in [3.8, 4) is 5.75 Å². The Hall–Kier alpha value is -1.02. The molecular formula is C9H10ClNO. The fourth-order valence-corrected chi connectivity index (χ4v) is 0.766. The summed E-state index contributed by atoms with van der Waals surface area (Å²) in [5, 5.41) is 0.470. The third-order valence-electron chi connectivity index (χ3n) is 1.19. The first-order valence-electron chi connectivity index (χ1n) is 3.57. The number of ether oxygens (including phenoxy) is 1. The molecule has 0 unspecified atom stereocenters. The Morgan fingerprint density at radius 3 is 2.92 bits per heavy atom. The summed E-state index contributed by atoms with van der Waals surface area (Å²) in [5.74, 6) is 0.711. The quantitative estimate of drug-likeness (QED) is 0.531. The predicted octanol–water partition coefficient (Wildman–Crippen LogP) is 2.69. The summed E-state index contributed by atoms with van der Waals surface area (Å²) in [6.45, 7) is 6.14. The predicted molar refractivity (Wildman–Crippen MR) is 49.6 cm³/mol. The molecule has 0 N–H and O–H groups in total. The highest BCUT2D eigenvalue weighted by Crippen LogP contribution is 2.12. The number of pyridine rings is 1. The summed E-state index contributed by atoms with van der Waals surface area (Å²) in [6, 6.07) is 3.47. The van der Waals surface area contributed by atoms with Crippen molar-refractivity contribution in [3.05, 3.63) is 35.6 Å². The van der Waals surface area contributed by atoms with Crippen LogP contribution >= 0.6 is 11.6 Å². The van der Waals surface area contributed by atoms with Crippen LogP contribution in [0.4, 0.5) is 0 Å². The molecule has 0 spiro atoms. The van der Waals surface area contributed by atoms with E-state index in [4.69, 9.17) is 16.3 Å². The van der Waals surface area contributed by atoms with Gasteiger partial charge in [0.25, 0.3) is 0 Å². The van der Waals surface area contributed by atoms with Gasteiger partial charge >= 0.3 is 0 Å². The van der Waals surface area contributed by atoms with Crippen molar-refractivity contribution in [2.75, 3.05) is 6.61 Å². The molecule has 0 saturated heterocycles. The molecule has 0 atom stereocenters. The van der Waals surface area contributed by atoms with Crippen molar-refractivity contribution in [1.29, 1.82) is 0 Å². The molecule has 0 bridgehead atoms. The van der Waals surface area contributed by atoms with Crippen molar-refractivity contribution < 1.29 is 4.74 Å². The number of aromatic nitrogens is 1. The molecule has 1 heterocycles. The summed E-state index contributed by atoms with van der Waals surface area (Å²) in [4.78, 5) is 3.87. The van der Waals surface area contributed by atoms with Gasteiger partial charge in [-0.05, 0) is 24.6 Å². The minimum Gasteiger partial charge on any atom is -0.488 e. The van der Waals surface area contributed by atoms with Crippen LogP contribution in [0.2, 0.25) is 5.15 Å². The molecule has 0 radical (unpaired) electrons. The lowest BCUT2D eigenvalue weighted by atomic mass is 10.4. The van der Waals surface area contributed by atoms with Crippen LogP contribution in [-0.2, 0) is 0 Å². The van der Waals surface area contributed by atoms with E-state index < -0.39 is 0 Å². The molecule has 0 aliphatic carbocycles. The Balaban J connectivity index is 2.53. The van der Waals surface area contributed by atoms with Crippen LogP contribution in [0, 0.1) is 0 Å². The highest BCUT2D eigenvalue weighted by Gasteiger charge is 1.93. The van der Waals surface area contributed by atoms with E-state index >= 15 is 0 Å². The molecular weight excluding hydrogens is 174 g/mol. The number of hydrogen-bond donors (Lipinski definition) is 0. The summed E-state index contributed by atoms with van der Waals surface area (Å²) in [6.07, 6.45) is 1.59. The lowest BCUT2D eigenvalue weighted by Gasteiger charge is -2.03. The molecule has 1 aromatic rings. The van der Waals surface area contributed by atoms with E-state index in [0.717, 1.165) is 5.57 Å². The number of hydrogen-bond acceptors (Lipinski definition) is 2. The monoisotopic (exact) mass is 183 g/mol. The average Bonchev–Trinajstić information content (AvgIpc) is 2.03. The molecule has 0 aliphatic rings. The lowest BCUT2D eigenvalue weighted by molar-refractivity contribution is 0.351. The van der Waals surface area contributed by atoms with Crippen LogP contribution in [0.25, 0.3) is 0 Å². The Morgan fingerprint density at radius 2 is 2.42 bits per heavy atom. The highest BCUT2D eigenvalue weighted by atomic mass is 35.5. The fourth-order valence-electron chi connectivity index (χ4n) is 0.654. The molecule has 1 aromatic heterocycles. The van der Waals surface area contributed by atoms with Crippen LogP contribution < -0.4 is 4.74 Å². The maximum atomic E-state index is 5.59. The highest BCUT2D eigenvalue weighted by molar-refractivity contribution is 6.29. The maximum absolute atomic E-state index is 5.59. The van der Waals surface area contributed by atoms with E-state index in [0.29, 0.717) is 17.5 Å². The molecule has 12 heavy (non-hydrogen) atoms. The normalized spacial score (nSPS) is 9.50. The first-order valence-corrected chi connectivity index (χ1v) is 3.95. The number of rotatable bonds is 3. The van der Waals surface area contributed by atoms with Gasteiger partial charge in [0.15, 0.2) is 0 Å². The van der Waals surface area contributed by atoms with E-state index in [2.05, 4.69) is 11.6 Å². The molecule has 0 aromatic carbocycles. The molecule has 0 amide bonds. The van der Waals surface area contributed by atoms with Gasteiger partial charge in [-0.3, -0.25) is 0 Å². The molecule has 0 fully saturated rings. The smallest absolute Gasteiger partial charge is 0.138 e. The van der Waals surface area contributed by atoms with Gasteiger partial charge in [-0.15, -0.1) is 0 Å². The Bertz CT molecular complexity index is 268. The molecule has 64 valence electrons. The minimum atomic E-state index is 0.470. The third-order valence-corrected chi connectivity index (χ3v) is 1.41. The molecule has 1 rings (SSSR count). The minimum absolute atomic E-state index is 0.470. The van der Waals surface area contributed by atoms with Gasteiger partial charge in [0.05, 0.1) is 6.20 Å². The van der Waals surface area contributed by atoms with Gasteiger partial charge in [0, 0.05) is 0 Å². The van der Waals surface area contributed by atoms with Crippen molar-refractivity contribution in [1.82, 2.24) is 4.98 Å². The zero-order valence-corrected chi connectivity index (χ0v) is 7.64. The van der Waals surface area contributed by atoms with Crippen LogP contribution in [-0.4, -0.2) is 11.6 Å². The fraction of sp³-hybridized carbons (Fsp3) is 0.222. The largest absolute Gasteiger partial charge is 0.488 e. The zero-order chi connectivity index (χ0) is 8.97. The van der Waals surface area contributed by atoms with Gasteiger partial charge in [-0.25, -0.2) is 4.98 Å². The topological polar surface area (TPSA) is 22.1 Å². The average molecular weight is 184 g/mol. The number of halogens is 1. The molecule has 3 heteroatoms. The molecule has 2 nitrogen and oxygen atoms in total. The second-order valence-corrected chi connectivity index (χ2v) is 2.95. The standard InChI is InChI=1S/C9H10ClNO/c1-7(2)6-12-8-3-4-9(10)11-5-8/h3-5H,1,6H2,2H3. The number of nitrogens with zero attached hydrogens (tertiary/aromatic N) is 1. The summed E-state index contributed by atoms with van der Waals surface area (Å²) >= 11 is 5.59. The Morgan fingerprint density at radius 1 is 1.67 bits per heavy atom. The Kier molecular flexibility index (Phi) is 3.11. The van der Waals surface area contributed by atoms with Gasteiger partial charge in [-0.2, -0.15) is 0 Å². The first-order chi connectivity index (χ1) is 5.68. The Labute approximate surface area is 76.8 Å². The van der Waals surface area contributed by atoms with Crippen LogP contribution in [0.5, 0.6) is 5.75 Å². The van der Waals surface area contributed by atoms with Gasteiger partial charge < -0.3 is 4.74 Å². The third kappa shape index (κ3) is 2.93. The summed E-state index contributed by atoms with van der Waals surface area (Å²) in [5.41, 5.74) is 0.977. The van der Waals surface area contributed by atoms with Gasteiger partial charge in [-0.1, -0.05) is 18.2 Å². The van der Waals surface area contributed by atoms with E-state index in [1.165, 1.54) is 0 Å². The van der Waals surface area contributed by atoms with Crippen molar-refractivity contribution in [2.24, 2.45) is 0 Å². The van der Waals surface area contributed by atoms with Crippen molar-refractivity contribution in [3.63, 3.8) is 0 Å². The maximum Gasteiger partial charge on any atom is 0.138 e. The van der Waals surface area contributed by atoms with E-state index in [-0.39, 0.29) is 0 Å². The second-order valence-electron chi connectivity index (χ2n) is 2.56. The van der Waals surface area contributed by atoms with Crippen molar-refractivity contribution in [2.45, 2.75) is 6.92 Å².